The van der Waals surface area contributed by atoms with E-state index in [2.05, 4.69) is 0 Å². The van der Waals surface area contributed by atoms with E-state index in [0.717, 1.165) is 23.8 Å². The largest absolute Gasteiger partial charge is 0.492 e. The summed E-state index contributed by atoms with van der Waals surface area (Å²) in [5.74, 6) is -0.921. The molecule has 0 aliphatic rings. The van der Waals surface area contributed by atoms with Crippen LogP contribution in [-0.2, 0) is 6.61 Å². The van der Waals surface area contributed by atoms with Gasteiger partial charge in [0, 0.05) is 11.0 Å². The van der Waals surface area contributed by atoms with Crippen molar-refractivity contribution in [2.45, 2.75) is 13.5 Å². The second kappa shape index (κ2) is 6.03. The predicted octanol–water partition coefficient (Wildman–Crippen LogP) is 1.53. The van der Waals surface area contributed by atoms with Gasteiger partial charge in [-0.25, -0.2) is 8.78 Å². The molecule has 0 fully saturated rings. The molecule has 2 N–H and O–H groups in total. The first-order valence-electron chi connectivity index (χ1n) is 6.01. The summed E-state index contributed by atoms with van der Waals surface area (Å²) in [5.41, 5.74) is 1.07. The van der Waals surface area contributed by atoms with Gasteiger partial charge < -0.3 is 14.8 Å². The zero-order chi connectivity index (χ0) is 14.7. The third kappa shape index (κ3) is 3.34. The lowest BCUT2D eigenvalue weighted by Crippen LogP contribution is -2.31. The molecule has 0 unspecified atom stereocenters. The van der Waals surface area contributed by atoms with Gasteiger partial charge >= 0.3 is 7.12 Å². The molecular weight excluding hydrogens is 265 g/mol. The van der Waals surface area contributed by atoms with Crippen molar-refractivity contribution in [3.8, 4) is 5.75 Å². The van der Waals surface area contributed by atoms with Gasteiger partial charge in [0.1, 0.15) is 24.0 Å². The SMILES string of the molecule is Cc1ccc(OCc2cc(F)ccc2F)c(B(O)O)c1. The first-order chi connectivity index (χ1) is 9.47. The first-order valence-corrected chi connectivity index (χ1v) is 6.01. The maximum Gasteiger partial charge on any atom is 0.492 e. The Hall–Kier alpha value is -1.92. The maximum absolute atomic E-state index is 13.5. The molecule has 0 aliphatic carbocycles. The highest BCUT2D eigenvalue weighted by Gasteiger charge is 2.17. The van der Waals surface area contributed by atoms with Gasteiger partial charge in [0.05, 0.1) is 0 Å². The Morgan fingerprint density at radius 3 is 2.55 bits per heavy atom. The normalized spacial score (nSPS) is 10.4. The summed E-state index contributed by atoms with van der Waals surface area (Å²) in [6, 6.07) is 7.92. The zero-order valence-electron chi connectivity index (χ0n) is 10.8. The Labute approximate surface area is 115 Å². The second-order valence-electron chi connectivity index (χ2n) is 4.44. The molecule has 0 aromatic heterocycles. The molecule has 0 atom stereocenters. The van der Waals surface area contributed by atoms with E-state index in [1.807, 2.05) is 0 Å². The molecule has 0 saturated carbocycles. The van der Waals surface area contributed by atoms with Crippen LogP contribution in [0.25, 0.3) is 0 Å². The Morgan fingerprint density at radius 1 is 1.10 bits per heavy atom. The molecule has 3 nitrogen and oxygen atoms in total. The molecule has 0 aliphatic heterocycles. The Kier molecular flexibility index (Phi) is 4.37. The van der Waals surface area contributed by atoms with Crippen LogP contribution in [0.4, 0.5) is 8.78 Å². The van der Waals surface area contributed by atoms with Gasteiger partial charge in [-0.2, -0.15) is 0 Å². The van der Waals surface area contributed by atoms with Gasteiger partial charge in [0.15, 0.2) is 0 Å². The highest BCUT2D eigenvalue weighted by molar-refractivity contribution is 6.59. The molecule has 0 saturated heterocycles. The quantitative estimate of drug-likeness (QED) is 0.834. The second-order valence-corrected chi connectivity index (χ2v) is 4.44. The van der Waals surface area contributed by atoms with Crippen LogP contribution in [-0.4, -0.2) is 17.2 Å². The highest BCUT2D eigenvalue weighted by Crippen LogP contribution is 2.15. The molecule has 2 aromatic rings. The number of hydrogen-bond donors (Lipinski definition) is 2. The van der Waals surface area contributed by atoms with Crippen molar-refractivity contribution in [2.75, 3.05) is 0 Å². The molecule has 6 heteroatoms. The van der Waals surface area contributed by atoms with E-state index < -0.39 is 18.8 Å². The molecule has 0 spiro atoms. The van der Waals surface area contributed by atoms with Crippen molar-refractivity contribution in [3.05, 3.63) is 59.2 Å². The third-order valence-corrected chi connectivity index (χ3v) is 2.83. The molecule has 0 radical (unpaired) electrons. The summed E-state index contributed by atoms with van der Waals surface area (Å²) >= 11 is 0. The minimum Gasteiger partial charge on any atom is -0.489 e. The van der Waals surface area contributed by atoms with Gasteiger partial charge in [-0.15, -0.1) is 0 Å². The van der Waals surface area contributed by atoms with Crippen LogP contribution >= 0.6 is 0 Å². The van der Waals surface area contributed by atoms with Gasteiger partial charge in [-0.3, -0.25) is 0 Å². The molecule has 20 heavy (non-hydrogen) atoms. The maximum atomic E-state index is 13.5. The van der Waals surface area contributed by atoms with Gasteiger partial charge in [-0.1, -0.05) is 17.7 Å². The fourth-order valence-corrected chi connectivity index (χ4v) is 1.81. The van der Waals surface area contributed by atoms with Gasteiger partial charge in [0.2, 0.25) is 0 Å². The van der Waals surface area contributed by atoms with Crippen molar-refractivity contribution >= 4 is 12.6 Å². The average Bonchev–Trinajstić information content (AvgIpc) is 2.40. The van der Waals surface area contributed by atoms with Gasteiger partial charge in [-0.05, 0) is 31.2 Å². The lowest BCUT2D eigenvalue weighted by molar-refractivity contribution is 0.299. The van der Waals surface area contributed by atoms with Crippen molar-refractivity contribution in [2.24, 2.45) is 0 Å². The molecule has 104 valence electrons. The number of ether oxygens (including phenoxy) is 1. The van der Waals surface area contributed by atoms with Crippen LogP contribution in [0.2, 0.25) is 0 Å². The van der Waals surface area contributed by atoms with E-state index >= 15 is 0 Å². The van der Waals surface area contributed by atoms with Crippen LogP contribution in [0.3, 0.4) is 0 Å². The highest BCUT2D eigenvalue weighted by atomic mass is 19.1. The zero-order valence-corrected chi connectivity index (χ0v) is 10.8. The van der Waals surface area contributed by atoms with Crippen LogP contribution in [0.1, 0.15) is 11.1 Å². The van der Waals surface area contributed by atoms with Crippen molar-refractivity contribution in [1.29, 1.82) is 0 Å². The summed E-state index contributed by atoms with van der Waals surface area (Å²) in [6.07, 6.45) is 0. The standard InChI is InChI=1S/C14H13BF2O3/c1-9-2-5-14(12(6-9)15(18)19)20-8-10-7-11(16)3-4-13(10)17/h2-7,18-19H,8H2,1H3. The van der Waals surface area contributed by atoms with Crippen molar-refractivity contribution in [1.82, 2.24) is 0 Å². The lowest BCUT2D eigenvalue weighted by Gasteiger charge is -2.12. The summed E-state index contributed by atoms with van der Waals surface area (Å²) in [7, 11) is -1.69. The van der Waals surface area contributed by atoms with Crippen LogP contribution in [0, 0.1) is 18.6 Å². The third-order valence-electron chi connectivity index (χ3n) is 2.83. The summed E-state index contributed by atoms with van der Waals surface area (Å²) in [5, 5.41) is 18.5. The topological polar surface area (TPSA) is 49.7 Å². The van der Waals surface area contributed by atoms with Crippen LogP contribution in [0.15, 0.2) is 36.4 Å². The molecule has 0 bridgehead atoms. The minimum atomic E-state index is -1.69. The number of benzene rings is 2. The van der Waals surface area contributed by atoms with Gasteiger partial charge in [0.25, 0.3) is 0 Å². The van der Waals surface area contributed by atoms with Crippen molar-refractivity contribution in [3.63, 3.8) is 0 Å². The minimum absolute atomic E-state index is 0.0592. The molecule has 0 heterocycles. The Balaban J connectivity index is 2.20. The summed E-state index contributed by atoms with van der Waals surface area (Å²) in [4.78, 5) is 0. The number of hydrogen-bond acceptors (Lipinski definition) is 3. The number of halogens is 2. The Bertz CT molecular complexity index is 617. The fourth-order valence-electron chi connectivity index (χ4n) is 1.81. The first kappa shape index (κ1) is 14.5. The summed E-state index contributed by atoms with van der Waals surface area (Å²) < 4.78 is 31.8. The van der Waals surface area contributed by atoms with E-state index in [1.165, 1.54) is 0 Å². The monoisotopic (exact) mass is 278 g/mol. The Morgan fingerprint density at radius 2 is 1.85 bits per heavy atom. The smallest absolute Gasteiger partial charge is 0.489 e. The average molecular weight is 278 g/mol. The van der Waals surface area contributed by atoms with Crippen LogP contribution in [0.5, 0.6) is 5.75 Å². The lowest BCUT2D eigenvalue weighted by atomic mass is 9.79. The molecular formula is C14H13BF2O3. The van der Waals surface area contributed by atoms with E-state index in [0.29, 0.717) is 0 Å². The number of rotatable bonds is 4. The fraction of sp³-hybridized carbons (Fsp3) is 0.143. The van der Waals surface area contributed by atoms with E-state index in [-0.39, 0.29) is 23.4 Å². The summed E-state index contributed by atoms with van der Waals surface area (Å²) in [6.45, 7) is 1.59. The predicted molar refractivity (Wildman–Crippen MR) is 71.7 cm³/mol. The van der Waals surface area contributed by atoms with E-state index in [4.69, 9.17) is 4.74 Å². The molecule has 2 rings (SSSR count). The van der Waals surface area contributed by atoms with Crippen LogP contribution < -0.4 is 10.2 Å². The van der Waals surface area contributed by atoms with Crippen molar-refractivity contribution < 1.29 is 23.6 Å². The molecule has 0 amide bonds. The molecule has 2 aromatic carbocycles. The van der Waals surface area contributed by atoms with E-state index in [1.54, 1.807) is 25.1 Å². The van der Waals surface area contributed by atoms with E-state index in [9.17, 15) is 18.8 Å². The number of aryl methyl sites for hydroxylation is 1.